The maximum Gasteiger partial charge on any atom is 0.0621 e. The van der Waals surface area contributed by atoms with Crippen LogP contribution in [-0.2, 0) is 0 Å². The molecule has 1 fully saturated rings. The zero-order chi connectivity index (χ0) is 12.6. The predicted molar refractivity (Wildman–Crippen MR) is 73.9 cm³/mol. The fourth-order valence-electron chi connectivity index (χ4n) is 2.33. The second kappa shape index (κ2) is 4.71. The quantitative estimate of drug-likeness (QED) is 0.897. The molecule has 3 heteroatoms. The van der Waals surface area contributed by atoms with Crippen molar-refractivity contribution in [2.24, 2.45) is 5.41 Å². The van der Waals surface area contributed by atoms with E-state index in [4.69, 9.17) is 0 Å². The number of aliphatic hydroxyl groups is 1. The lowest BCUT2D eigenvalue weighted by molar-refractivity contribution is -0.0754. The Kier molecular flexibility index (Phi) is 3.62. The van der Waals surface area contributed by atoms with Gasteiger partial charge in [-0.15, -0.1) is 0 Å². The summed E-state index contributed by atoms with van der Waals surface area (Å²) in [6, 6.07) is 9.10. The average Bonchev–Trinajstić information content (AvgIpc) is 2.29. The van der Waals surface area contributed by atoms with Crippen molar-refractivity contribution in [3.63, 3.8) is 0 Å². The first-order valence-corrected chi connectivity index (χ1v) is 6.90. The molecule has 1 aromatic rings. The molecule has 1 aliphatic rings. The Morgan fingerprint density at radius 3 is 2.41 bits per heavy atom. The molecule has 2 nitrogen and oxygen atoms in total. The zero-order valence-electron chi connectivity index (χ0n) is 10.6. The van der Waals surface area contributed by atoms with Gasteiger partial charge < -0.3 is 10.4 Å². The van der Waals surface area contributed by atoms with Gasteiger partial charge in [-0.1, -0.05) is 41.9 Å². The third-order valence-corrected chi connectivity index (χ3v) is 4.57. The van der Waals surface area contributed by atoms with Gasteiger partial charge in [-0.05, 0) is 31.0 Å². The van der Waals surface area contributed by atoms with Crippen LogP contribution in [0, 0.1) is 5.41 Å². The van der Waals surface area contributed by atoms with E-state index >= 15 is 0 Å². The molecule has 1 aliphatic carbocycles. The summed E-state index contributed by atoms with van der Waals surface area (Å²) in [7, 11) is 0. The molecule has 3 atom stereocenters. The van der Waals surface area contributed by atoms with Crippen molar-refractivity contribution >= 4 is 15.9 Å². The van der Waals surface area contributed by atoms with Crippen molar-refractivity contribution in [2.45, 2.75) is 45.4 Å². The van der Waals surface area contributed by atoms with E-state index < -0.39 is 0 Å². The minimum absolute atomic E-state index is 0.0103. The first kappa shape index (κ1) is 13.1. The molecule has 17 heavy (non-hydrogen) atoms. The molecule has 0 aromatic heterocycles. The molecule has 0 heterocycles. The topological polar surface area (TPSA) is 32.3 Å². The maximum atomic E-state index is 9.72. The van der Waals surface area contributed by atoms with Gasteiger partial charge in [0.2, 0.25) is 0 Å². The molecule has 2 unspecified atom stereocenters. The number of benzene rings is 1. The van der Waals surface area contributed by atoms with Crippen LogP contribution in [0.15, 0.2) is 28.7 Å². The van der Waals surface area contributed by atoms with Crippen molar-refractivity contribution in [1.29, 1.82) is 0 Å². The Hall–Kier alpha value is -0.380. The van der Waals surface area contributed by atoms with E-state index in [2.05, 4.69) is 66.3 Å². The van der Waals surface area contributed by atoms with Crippen LogP contribution >= 0.6 is 15.9 Å². The second-order valence-electron chi connectivity index (χ2n) is 5.57. The molecule has 0 radical (unpaired) electrons. The Morgan fingerprint density at radius 1 is 1.35 bits per heavy atom. The van der Waals surface area contributed by atoms with Crippen LogP contribution in [-0.4, -0.2) is 17.3 Å². The van der Waals surface area contributed by atoms with Crippen LogP contribution in [0.25, 0.3) is 0 Å². The van der Waals surface area contributed by atoms with Crippen molar-refractivity contribution in [3.8, 4) is 0 Å². The lowest BCUT2D eigenvalue weighted by atomic mass is 9.64. The number of hydrogen-bond acceptors (Lipinski definition) is 2. The fourth-order valence-corrected chi connectivity index (χ4v) is 2.60. The minimum atomic E-state index is -0.169. The Balaban J connectivity index is 1.98. The van der Waals surface area contributed by atoms with Crippen molar-refractivity contribution in [1.82, 2.24) is 5.32 Å². The van der Waals surface area contributed by atoms with Gasteiger partial charge in [0.25, 0.3) is 0 Å². The van der Waals surface area contributed by atoms with Gasteiger partial charge >= 0.3 is 0 Å². The molecular weight excluding hydrogens is 278 g/mol. The Labute approximate surface area is 112 Å². The summed E-state index contributed by atoms with van der Waals surface area (Å²) in [5, 5.41) is 13.3. The number of hydrogen-bond donors (Lipinski definition) is 2. The first-order valence-electron chi connectivity index (χ1n) is 6.11. The highest BCUT2D eigenvalue weighted by molar-refractivity contribution is 9.10. The smallest absolute Gasteiger partial charge is 0.0621 e. The minimum Gasteiger partial charge on any atom is -0.392 e. The van der Waals surface area contributed by atoms with E-state index in [1.165, 1.54) is 5.56 Å². The van der Waals surface area contributed by atoms with Gasteiger partial charge in [0.1, 0.15) is 0 Å². The molecule has 0 saturated heterocycles. The number of aliphatic hydroxyl groups excluding tert-OH is 1. The van der Waals surface area contributed by atoms with E-state index in [1.807, 2.05) is 0 Å². The van der Waals surface area contributed by atoms with Crippen molar-refractivity contribution in [2.75, 3.05) is 0 Å². The van der Waals surface area contributed by atoms with Gasteiger partial charge in [0.05, 0.1) is 6.10 Å². The molecular formula is C14H20BrNO. The highest BCUT2D eigenvalue weighted by atomic mass is 79.9. The van der Waals surface area contributed by atoms with Crippen LogP contribution < -0.4 is 5.32 Å². The molecule has 0 aliphatic heterocycles. The summed E-state index contributed by atoms with van der Waals surface area (Å²) in [5.74, 6) is 0. The molecule has 2 N–H and O–H groups in total. The van der Waals surface area contributed by atoms with Crippen molar-refractivity contribution < 1.29 is 5.11 Å². The summed E-state index contributed by atoms with van der Waals surface area (Å²) in [6.45, 7) is 6.41. The molecule has 0 spiro atoms. The van der Waals surface area contributed by atoms with Gasteiger partial charge in [0.15, 0.2) is 0 Å². The molecule has 2 rings (SSSR count). The van der Waals surface area contributed by atoms with E-state index in [9.17, 15) is 5.11 Å². The van der Waals surface area contributed by atoms with Crippen LogP contribution in [0.2, 0.25) is 0 Å². The second-order valence-corrected chi connectivity index (χ2v) is 6.48. The van der Waals surface area contributed by atoms with E-state index in [0.29, 0.717) is 12.1 Å². The van der Waals surface area contributed by atoms with E-state index in [0.717, 1.165) is 10.9 Å². The highest BCUT2D eigenvalue weighted by Gasteiger charge is 2.47. The lowest BCUT2D eigenvalue weighted by Crippen LogP contribution is -2.60. The highest BCUT2D eigenvalue weighted by Crippen LogP contribution is 2.41. The molecule has 1 saturated carbocycles. The molecule has 0 bridgehead atoms. The lowest BCUT2D eigenvalue weighted by Gasteiger charge is -2.50. The third-order valence-electron chi connectivity index (χ3n) is 4.04. The van der Waals surface area contributed by atoms with Crippen LogP contribution in [0.3, 0.4) is 0 Å². The van der Waals surface area contributed by atoms with E-state index in [1.54, 1.807) is 0 Å². The fraction of sp³-hybridized carbons (Fsp3) is 0.571. The summed E-state index contributed by atoms with van der Waals surface area (Å²) in [5.41, 5.74) is 1.27. The zero-order valence-corrected chi connectivity index (χ0v) is 12.2. The molecule has 1 aromatic carbocycles. The Bertz CT molecular complexity index is 388. The van der Waals surface area contributed by atoms with Gasteiger partial charge in [-0.25, -0.2) is 0 Å². The third kappa shape index (κ3) is 2.56. The van der Waals surface area contributed by atoms with Crippen LogP contribution in [0.1, 0.15) is 38.8 Å². The van der Waals surface area contributed by atoms with Gasteiger partial charge in [0, 0.05) is 22.0 Å². The average molecular weight is 298 g/mol. The first-order chi connectivity index (χ1) is 7.91. The number of nitrogens with one attached hydrogen (secondary N) is 1. The van der Waals surface area contributed by atoms with Gasteiger partial charge in [-0.3, -0.25) is 0 Å². The van der Waals surface area contributed by atoms with Crippen molar-refractivity contribution in [3.05, 3.63) is 34.3 Å². The van der Waals surface area contributed by atoms with E-state index in [-0.39, 0.29) is 11.5 Å². The SMILES string of the molecule is C[C@@H](NC1CC(O)C1(C)C)c1ccc(Br)cc1. The van der Waals surface area contributed by atoms with Gasteiger partial charge in [-0.2, -0.15) is 0 Å². The monoisotopic (exact) mass is 297 g/mol. The predicted octanol–water partition coefficient (Wildman–Crippen LogP) is 3.26. The summed E-state index contributed by atoms with van der Waals surface area (Å²) in [6.07, 6.45) is 0.686. The summed E-state index contributed by atoms with van der Waals surface area (Å²) in [4.78, 5) is 0. The van der Waals surface area contributed by atoms with Crippen LogP contribution in [0.4, 0.5) is 0 Å². The normalized spacial score (nSPS) is 28.5. The largest absolute Gasteiger partial charge is 0.392 e. The molecule has 94 valence electrons. The molecule has 0 amide bonds. The maximum absolute atomic E-state index is 9.72. The summed E-state index contributed by atoms with van der Waals surface area (Å²) >= 11 is 3.44. The summed E-state index contributed by atoms with van der Waals surface area (Å²) < 4.78 is 1.10. The number of halogens is 1. The Morgan fingerprint density at radius 2 is 1.94 bits per heavy atom. The standard InChI is InChI=1S/C14H20BrNO/c1-9(10-4-6-11(15)7-5-10)16-12-8-13(17)14(12,2)3/h4-7,9,12-13,16-17H,8H2,1-3H3/t9-,12?,13?/m1/s1. The number of rotatable bonds is 3. The van der Waals surface area contributed by atoms with Crippen LogP contribution in [0.5, 0.6) is 0 Å².